The Morgan fingerprint density at radius 1 is 1.08 bits per heavy atom. The van der Waals surface area contributed by atoms with E-state index in [0.717, 1.165) is 30.4 Å². The second-order valence-electron chi connectivity index (χ2n) is 6.91. The third-order valence-corrected chi connectivity index (χ3v) is 5.08. The van der Waals surface area contributed by atoms with Crippen LogP contribution in [-0.2, 0) is 15.3 Å². The summed E-state index contributed by atoms with van der Waals surface area (Å²) in [6.07, 6.45) is 2.29. The second-order valence-corrected chi connectivity index (χ2v) is 6.91. The quantitative estimate of drug-likeness (QED) is 0.820. The van der Waals surface area contributed by atoms with E-state index in [0.29, 0.717) is 12.5 Å². The first kappa shape index (κ1) is 18.1. The molecule has 1 N–H and O–H groups in total. The molecule has 0 aromatic heterocycles. The van der Waals surface area contributed by atoms with E-state index in [2.05, 4.69) is 13.8 Å². The van der Waals surface area contributed by atoms with Gasteiger partial charge in [-0.1, -0.05) is 80.9 Å². The summed E-state index contributed by atoms with van der Waals surface area (Å²) in [5.74, 6) is -0.729. The lowest BCUT2D eigenvalue weighted by atomic mass is 9.90. The van der Waals surface area contributed by atoms with Crippen LogP contribution >= 0.6 is 0 Å². The Labute approximate surface area is 150 Å². The van der Waals surface area contributed by atoms with Crippen molar-refractivity contribution < 1.29 is 14.6 Å². The van der Waals surface area contributed by atoms with Crippen molar-refractivity contribution in [3.8, 4) is 0 Å². The van der Waals surface area contributed by atoms with E-state index < -0.39 is 11.9 Å². The lowest BCUT2D eigenvalue weighted by Crippen LogP contribution is -2.48. The Kier molecular flexibility index (Phi) is 5.89. The molecule has 0 spiro atoms. The summed E-state index contributed by atoms with van der Waals surface area (Å²) in [4.78, 5) is 0. The lowest BCUT2D eigenvalue weighted by Gasteiger charge is -2.45. The summed E-state index contributed by atoms with van der Waals surface area (Å²) < 4.78 is 12.7. The smallest absolute Gasteiger partial charge is 0.226 e. The normalized spacial score (nSPS) is 26.1. The van der Waals surface area contributed by atoms with Gasteiger partial charge in [0.1, 0.15) is 6.10 Å². The maximum absolute atomic E-state index is 11.2. The van der Waals surface area contributed by atoms with Gasteiger partial charge in [-0.25, -0.2) is 0 Å². The van der Waals surface area contributed by atoms with Gasteiger partial charge in [-0.15, -0.1) is 0 Å². The van der Waals surface area contributed by atoms with Gasteiger partial charge in [0.05, 0.1) is 12.7 Å². The van der Waals surface area contributed by atoms with E-state index in [-0.39, 0.29) is 6.10 Å². The summed E-state index contributed by atoms with van der Waals surface area (Å²) >= 11 is 0. The van der Waals surface area contributed by atoms with Crippen molar-refractivity contribution in [1.82, 2.24) is 0 Å². The molecule has 0 bridgehead atoms. The standard InChI is InChI=1S/C22H28O3/c1-3-10-17(2)20-15-16-24-22(25-20,19-13-8-5-9-14-19)21(23)18-11-6-4-7-12-18/h4-9,11-14,17,20-21,23H,3,10,15-16H2,1-2H3. The Morgan fingerprint density at radius 3 is 2.36 bits per heavy atom. The van der Waals surface area contributed by atoms with E-state index in [1.54, 1.807) is 0 Å². The first-order valence-corrected chi connectivity index (χ1v) is 9.27. The largest absolute Gasteiger partial charge is 0.382 e. The molecule has 0 radical (unpaired) electrons. The molecule has 1 fully saturated rings. The number of aliphatic hydroxyl groups excluding tert-OH is 1. The van der Waals surface area contributed by atoms with Crippen molar-refractivity contribution in [2.45, 2.75) is 51.1 Å². The fourth-order valence-corrected chi connectivity index (χ4v) is 3.66. The van der Waals surface area contributed by atoms with Crippen molar-refractivity contribution >= 4 is 0 Å². The van der Waals surface area contributed by atoms with Gasteiger partial charge in [-0.2, -0.15) is 0 Å². The van der Waals surface area contributed by atoms with E-state index in [1.165, 1.54) is 0 Å². The monoisotopic (exact) mass is 340 g/mol. The molecule has 4 atom stereocenters. The number of benzene rings is 2. The topological polar surface area (TPSA) is 38.7 Å². The van der Waals surface area contributed by atoms with Gasteiger partial charge in [-0.3, -0.25) is 0 Å². The van der Waals surface area contributed by atoms with Gasteiger partial charge in [-0.05, 0) is 24.3 Å². The van der Waals surface area contributed by atoms with E-state index in [4.69, 9.17) is 9.47 Å². The molecule has 2 aromatic carbocycles. The molecule has 0 amide bonds. The number of rotatable bonds is 6. The van der Waals surface area contributed by atoms with Crippen molar-refractivity contribution in [3.63, 3.8) is 0 Å². The fraction of sp³-hybridized carbons (Fsp3) is 0.455. The molecule has 1 aliphatic rings. The zero-order valence-electron chi connectivity index (χ0n) is 15.1. The van der Waals surface area contributed by atoms with E-state index >= 15 is 0 Å². The Hall–Kier alpha value is -1.68. The number of hydrogen-bond acceptors (Lipinski definition) is 3. The highest BCUT2D eigenvalue weighted by atomic mass is 16.7. The molecule has 134 valence electrons. The van der Waals surface area contributed by atoms with Crippen molar-refractivity contribution in [2.75, 3.05) is 6.61 Å². The molecular weight excluding hydrogens is 312 g/mol. The van der Waals surface area contributed by atoms with Crippen molar-refractivity contribution in [2.24, 2.45) is 5.92 Å². The van der Waals surface area contributed by atoms with Crippen LogP contribution in [0.4, 0.5) is 0 Å². The Morgan fingerprint density at radius 2 is 1.72 bits per heavy atom. The predicted octanol–water partition coefficient (Wildman–Crippen LogP) is 4.81. The van der Waals surface area contributed by atoms with Crippen LogP contribution in [0.3, 0.4) is 0 Å². The molecule has 25 heavy (non-hydrogen) atoms. The fourth-order valence-electron chi connectivity index (χ4n) is 3.66. The SMILES string of the molecule is CCCC(C)C1CCOC(c2ccccc2)(C(O)c2ccccc2)O1. The summed E-state index contributed by atoms with van der Waals surface area (Å²) in [6.45, 7) is 5.00. The average molecular weight is 340 g/mol. The van der Waals surface area contributed by atoms with Crippen LogP contribution in [0.5, 0.6) is 0 Å². The van der Waals surface area contributed by atoms with Crippen molar-refractivity contribution in [3.05, 3.63) is 71.8 Å². The number of ether oxygens (including phenoxy) is 2. The third kappa shape index (κ3) is 3.79. The molecular formula is C22H28O3. The first-order valence-electron chi connectivity index (χ1n) is 9.27. The van der Waals surface area contributed by atoms with Gasteiger partial charge in [0.25, 0.3) is 0 Å². The highest BCUT2D eigenvalue weighted by Crippen LogP contribution is 2.44. The molecule has 1 heterocycles. The molecule has 0 aliphatic carbocycles. The Balaban J connectivity index is 1.98. The van der Waals surface area contributed by atoms with Gasteiger partial charge in [0.15, 0.2) is 0 Å². The van der Waals surface area contributed by atoms with Gasteiger partial charge in [0.2, 0.25) is 5.79 Å². The average Bonchev–Trinajstić information content (AvgIpc) is 2.69. The molecule has 1 saturated heterocycles. The molecule has 3 rings (SSSR count). The van der Waals surface area contributed by atoms with Crippen LogP contribution in [0.2, 0.25) is 0 Å². The zero-order chi connectivity index (χ0) is 17.7. The van der Waals surface area contributed by atoms with Crippen LogP contribution in [0.15, 0.2) is 60.7 Å². The maximum Gasteiger partial charge on any atom is 0.226 e. The van der Waals surface area contributed by atoms with Gasteiger partial charge in [0, 0.05) is 5.56 Å². The maximum atomic E-state index is 11.2. The van der Waals surface area contributed by atoms with Gasteiger partial charge < -0.3 is 14.6 Å². The minimum Gasteiger partial charge on any atom is -0.382 e. The molecule has 4 unspecified atom stereocenters. The molecule has 0 saturated carbocycles. The summed E-state index contributed by atoms with van der Waals surface area (Å²) in [5.41, 5.74) is 1.66. The van der Waals surface area contributed by atoms with Crippen LogP contribution < -0.4 is 0 Å². The molecule has 3 heteroatoms. The van der Waals surface area contributed by atoms with Gasteiger partial charge >= 0.3 is 0 Å². The lowest BCUT2D eigenvalue weighted by molar-refractivity contribution is -0.348. The number of aliphatic hydroxyl groups is 1. The highest BCUT2D eigenvalue weighted by molar-refractivity contribution is 5.28. The number of hydrogen-bond donors (Lipinski definition) is 1. The zero-order valence-corrected chi connectivity index (χ0v) is 15.1. The minimum atomic E-state index is -1.16. The van der Waals surface area contributed by atoms with Crippen LogP contribution in [0, 0.1) is 5.92 Å². The first-order chi connectivity index (χ1) is 12.2. The third-order valence-electron chi connectivity index (χ3n) is 5.08. The van der Waals surface area contributed by atoms with Crippen LogP contribution in [0.25, 0.3) is 0 Å². The van der Waals surface area contributed by atoms with Crippen LogP contribution in [-0.4, -0.2) is 17.8 Å². The summed E-state index contributed by atoms with van der Waals surface area (Å²) in [7, 11) is 0. The molecule has 1 aliphatic heterocycles. The van der Waals surface area contributed by atoms with E-state index in [1.807, 2.05) is 60.7 Å². The molecule has 3 nitrogen and oxygen atoms in total. The minimum absolute atomic E-state index is 0.0762. The summed E-state index contributed by atoms with van der Waals surface area (Å²) in [6, 6.07) is 19.5. The highest BCUT2D eigenvalue weighted by Gasteiger charge is 2.48. The van der Waals surface area contributed by atoms with E-state index in [9.17, 15) is 5.11 Å². The summed E-state index contributed by atoms with van der Waals surface area (Å²) in [5, 5.41) is 11.2. The predicted molar refractivity (Wildman–Crippen MR) is 99.0 cm³/mol. The molecule has 2 aromatic rings. The van der Waals surface area contributed by atoms with Crippen LogP contribution in [0.1, 0.15) is 50.3 Å². The Bertz CT molecular complexity index is 643. The van der Waals surface area contributed by atoms with Crippen molar-refractivity contribution in [1.29, 1.82) is 0 Å². The second kappa shape index (κ2) is 8.13.